The first-order valence-electron chi connectivity index (χ1n) is 16.2. The van der Waals surface area contributed by atoms with Crippen LogP contribution >= 0.6 is 0 Å². The average molecular weight is 610 g/mol. The van der Waals surface area contributed by atoms with Crippen LogP contribution in [0.15, 0.2) is 164 Å². The molecule has 0 saturated carbocycles. The van der Waals surface area contributed by atoms with Crippen LogP contribution in [0.1, 0.15) is 5.56 Å². The summed E-state index contributed by atoms with van der Waals surface area (Å²) in [5.74, 6) is 0. The van der Waals surface area contributed by atoms with Gasteiger partial charge in [0.2, 0.25) is 0 Å². The molecule has 48 heavy (non-hydrogen) atoms. The number of rotatable bonds is 3. The fourth-order valence-electron chi connectivity index (χ4n) is 7.78. The second-order valence-electron chi connectivity index (χ2n) is 12.5. The van der Waals surface area contributed by atoms with Gasteiger partial charge in [-0.05, 0) is 93.3 Å². The van der Waals surface area contributed by atoms with Gasteiger partial charge in [-0.15, -0.1) is 0 Å². The summed E-state index contributed by atoms with van der Waals surface area (Å²) in [6, 6.07) is 60.9. The Labute approximate surface area is 276 Å². The Morgan fingerprint density at radius 1 is 0.396 bits per heavy atom. The van der Waals surface area contributed by atoms with Gasteiger partial charge in [-0.25, -0.2) is 0 Å². The van der Waals surface area contributed by atoms with E-state index >= 15 is 0 Å². The Balaban J connectivity index is 1.26. The highest BCUT2D eigenvalue weighted by molar-refractivity contribution is 6.17. The largest absolute Gasteiger partial charge is 0.309 e. The van der Waals surface area contributed by atoms with E-state index in [1.165, 1.54) is 49.2 Å². The number of para-hydroxylation sites is 3. The van der Waals surface area contributed by atoms with Gasteiger partial charge in [0.05, 0.1) is 33.7 Å². The zero-order chi connectivity index (χ0) is 31.8. The van der Waals surface area contributed by atoms with Crippen molar-refractivity contribution in [3.8, 4) is 28.6 Å². The Hall–Kier alpha value is -6.63. The van der Waals surface area contributed by atoms with E-state index < -0.39 is 0 Å². The zero-order valence-electron chi connectivity index (χ0n) is 25.9. The van der Waals surface area contributed by atoms with Gasteiger partial charge in [0.1, 0.15) is 0 Å². The van der Waals surface area contributed by atoms with Gasteiger partial charge in [-0.2, -0.15) is 5.26 Å². The average Bonchev–Trinajstić information content (AvgIpc) is 3.67. The first-order chi connectivity index (χ1) is 23.8. The summed E-state index contributed by atoms with van der Waals surface area (Å²) in [5.41, 5.74) is 10.0. The maximum atomic E-state index is 9.66. The van der Waals surface area contributed by atoms with Crippen molar-refractivity contribution < 1.29 is 0 Å². The number of hydrogen-bond acceptors (Lipinski definition) is 1. The molecule has 3 nitrogen and oxygen atoms in total. The summed E-state index contributed by atoms with van der Waals surface area (Å²) < 4.78 is 4.77. The maximum absolute atomic E-state index is 9.66. The first-order valence-corrected chi connectivity index (χ1v) is 16.2. The van der Waals surface area contributed by atoms with Gasteiger partial charge in [0.15, 0.2) is 0 Å². The third kappa shape index (κ3) is 3.81. The molecule has 0 atom stereocenters. The Morgan fingerprint density at radius 2 is 1.02 bits per heavy atom. The fraction of sp³-hybridized carbons (Fsp3) is 0. The standard InChI is InChI=1S/C45H27N3/c46-28-29-17-18-30-19-20-31-21-23-34(27-40(31)39(30)25-29)48-41-14-6-4-11-36(41)37-24-22-32(26-44(37)48)35-13-8-16-43-45(35)38-12-5-7-15-42(38)47(43)33-9-2-1-3-10-33/h1-27H. The van der Waals surface area contributed by atoms with Gasteiger partial charge >= 0.3 is 0 Å². The van der Waals surface area contributed by atoms with Crippen LogP contribution in [0.5, 0.6) is 0 Å². The number of nitriles is 1. The monoisotopic (exact) mass is 609 g/mol. The van der Waals surface area contributed by atoms with E-state index in [0.29, 0.717) is 5.56 Å². The molecule has 10 aromatic rings. The molecule has 0 aliphatic heterocycles. The topological polar surface area (TPSA) is 33.6 Å². The summed E-state index contributed by atoms with van der Waals surface area (Å²) in [6.45, 7) is 0. The number of nitrogens with zero attached hydrogens (tertiary/aromatic N) is 3. The number of benzene rings is 8. The molecular weight excluding hydrogens is 583 g/mol. The van der Waals surface area contributed by atoms with Crippen molar-refractivity contribution in [2.45, 2.75) is 0 Å². The van der Waals surface area contributed by atoms with E-state index in [4.69, 9.17) is 0 Å². The lowest BCUT2D eigenvalue weighted by Crippen LogP contribution is -1.95. The second-order valence-corrected chi connectivity index (χ2v) is 12.5. The van der Waals surface area contributed by atoms with Crippen molar-refractivity contribution in [2.24, 2.45) is 0 Å². The van der Waals surface area contributed by atoms with Gasteiger partial charge in [0.25, 0.3) is 0 Å². The van der Waals surface area contributed by atoms with Crippen LogP contribution in [0.25, 0.3) is 87.7 Å². The summed E-state index contributed by atoms with van der Waals surface area (Å²) in [5, 5.41) is 19.1. The number of hydrogen-bond donors (Lipinski definition) is 0. The van der Waals surface area contributed by atoms with Crippen molar-refractivity contribution in [3.63, 3.8) is 0 Å². The van der Waals surface area contributed by atoms with Crippen molar-refractivity contribution >= 4 is 65.2 Å². The Morgan fingerprint density at radius 3 is 1.83 bits per heavy atom. The van der Waals surface area contributed by atoms with Crippen molar-refractivity contribution in [3.05, 3.63) is 169 Å². The molecule has 8 aromatic carbocycles. The van der Waals surface area contributed by atoms with Gasteiger partial charge in [-0.3, -0.25) is 0 Å². The quantitative estimate of drug-likeness (QED) is 0.183. The van der Waals surface area contributed by atoms with Crippen LogP contribution in [0.4, 0.5) is 0 Å². The molecule has 0 N–H and O–H groups in total. The molecular formula is C45H27N3. The highest BCUT2D eigenvalue weighted by Gasteiger charge is 2.18. The molecule has 2 aromatic heterocycles. The molecule has 0 unspecified atom stereocenters. The van der Waals surface area contributed by atoms with E-state index in [1.807, 2.05) is 18.2 Å². The molecule has 222 valence electrons. The molecule has 0 bridgehead atoms. The predicted octanol–water partition coefficient (Wildman–Crippen LogP) is 11.7. The number of aromatic nitrogens is 2. The van der Waals surface area contributed by atoms with Crippen molar-refractivity contribution in [1.82, 2.24) is 9.13 Å². The van der Waals surface area contributed by atoms with Crippen LogP contribution in [0.2, 0.25) is 0 Å². The summed E-state index contributed by atoms with van der Waals surface area (Å²) >= 11 is 0. The van der Waals surface area contributed by atoms with E-state index in [2.05, 4.69) is 161 Å². The highest BCUT2D eigenvalue weighted by Crippen LogP contribution is 2.41. The smallest absolute Gasteiger partial charge is 0.0991 e. The van der Waals surface area contributed by atoms with E-state index in [1.54, 1.807) is 0 Å². The summed E-state index contributed by atoms with van der Waals surface area (Å²) in [7, 11) is 0. The lowest BCUT2D eigenvalue weighted by Gasteiger charge is -2.12. The molecule has 10 rings (SSSR count). The lowest BCUT2D eigenvalue weighted by molar-refractivity contribution is 1.18. The molecule has 0 saturated heterocycles. The SMILES string of the molecule is N#Cc1ccc2ccc3ccc(-n4c5ccccc5c5ccc(-c6cccc7c6c6ccccc6n7-c6ccccc6)cc54)cc3c2c1. The maximum Gasteiger partial charge on any atom is 0.0991 e. The summed E-state index contributed by atoms with van der Waals surface area (Å²) in [4.78, 5) is 0. The lowest BCUT2D eigenvalue weighted by atomic mass is 9.98. The molecule has 0 spiro atoms. The molecule has 3 heteroatoms. The highest BCUT2D eigenvalue weighted by atomic mass is 15.0. The molecule has 0 fully saturated rings. The molecule has 0 aliphatic rings. The van der Waals surface area contributed by atoms with E-state index in [-0.39, 0.29) is 0 Å². The molecule has 0 radical (unpaired) electrons. The third-order valence-electron chi connectivity index (χ3n) is 9.91. The molecule has 0 amide bonds. The van der Waals surface area contributed by atoms with Crippen LogP contribution < -0.4 is 0 Å². The van der Waals surface area contributed by atoms with Crippen LogP contribution in [-0.4, -0.2) is 9.13 Å². The molecule has 2 heterocycles. The normalized spacial score (nSPS) is 11.7. The van der Waals surface area contributed by atoms with Crippen LogP contribution in [-0.2, 0) is 0 Å². The van der Waals surface area contributed by atoms with Gasteiger partial charge < -0.3 is 9.13 Å². The minimum absolute atomic E-state index is 0.671. The summed E-state index contributed by atoms with van der Waals surface area (Å²) in [6.07, 6.45) is 0. The minimum atomic E-state index is 0.671. The number of fused-ring (bicyclic) bond motifs is 9. The zero-order valence-corrected chi connectivity index (χ0v) is 25.9. The van der Waals surface area contributed by atoms with E-state index in [0.717, 1.165) is 38.4 Å². The van der Waals surface area contributed by atoms with Crippen molar-refractivity contribution in [2.75, 3.05) is 0 Å². The minimum Gasteiger partial charge on any atom is -0.309 e. The van der Waals surface area contributed by atoms with Gasteiger partial charge in [0, 0.05) is 32.9 Å². The van der Waals surface area contributed by atoms with E-state index in [9.17, 15) is 5.26 Å². The third-order valence-corrected chi connectivity index (χ3v) is 9.91. The Bertz CT molecular complexity index is 2950. The first kappa shape index (κ1) is 26.6. The fourth-order valence-corrected chi connectivity index (χ4v) is 7.78. The van der Waals surface area contributed by atoms with Gasteiger partial charge in [-0.1, -0.05) is 103 Å². The predicted molar refractivity (Wildman–Crippen MR) is 200 cm³/mol. The second kappa shape index (κ2) is 10.2. The Kier molecular flexibility index (Phi) is 5.64. The van der Waals surface area contributed by atoms with Crippen LogP contribution in [0.3, 0.4) is 0 Å². The molecule has 0 aliphatic carbocycles. The van der Waals surface area contributed by atoms with Crippen LogP contribution in [0, 0.1) is 11.3 Å². The van der Waals surface area contributed by atoms with Crippen molar-refractivity contribution in [1.29, 1.82) is 5.26 Å².